The summed E-state index contributed by atoms with van der Waals surface area (Å²) in [5.74, 6) is 8.27. The lowest BCUT2D eigenvalue weighted by molar-refractivity contribution is -0.138. The highest BCUT2D eigenvalue weighted by atomic mass is 32.2. The molecule has 1 atom stereocenters. The Labute approximate surface area is 140 Å². The van der Waals surface area contributed by atoms with Crippen molar-refractivity contribution in [2.75, 3.05) is 5.32 Å². The molecule has 0 fully saturated rings. The molecule has 0 aromatic heterocycles. The fraction of sp³-hybridized carbons (Fsp3) is 0.222. The van der Waals surface area contributed by atoms with Gasteiger partial charge in [-0.3, -0.25) is 0 Å². The van der Waals surface area contributed by atoms with Gasteiger partial charge in [0.05, 0.1) is 11.7 Å². The van der Waals surface area contributed by atoms with E-state index < -0.39 is 21.1 Å². The van der Waals surface area contributed by atoms with E-state index in [1.807, 2.05) is 30.3 Å². The molecule has 128 valence electrons. The van der Waals surface area contributed by atoms with E-state index in [4.69, 9.17) is 0 Å². The molecule has 0 amide bonds. The monoisotopic (exact) mass is 352 g/mol. The second-order valence-corrected chi connectivity index (χ2v) is 8.49. The maximum Gasteiger partial charge on any atom is 0.416 e. The number of nitrogens with one attached hydrogen (secondary N) is 2. The molecule has 3 rings (SSSR count). The molecule has 6 heteroatoms. The number of halogens is 3. The van der Waals surface area contributed by atoms with Crippen LogP contribution in [-0.4, -0.2) is 17.9 Å². The summed E-state index contributed by atoms with van der Waals surface area (Å²) in [6.07, 6.45) is -3.95. The highest BCUT2D eigenvalue weighted by Gasteiger charge is 2.34. The third kappa shape index (κ3) is 3.30. The number of hydrogen-bond acceptors (Lipinski definition) is 2. The first kappa shape index (κ1) is 16.9. The largest absolute Gasteiger partial charge is 0.416 e. The number of anilines is 1. The highest BCUT2D eigenvalue weighted by molar-refractivity contribution is 8.26. The molecule has 0 saturated carbocycles. The molecule has 24 heavy (non-hydrogen) atoms. The van der Waals surface area contributed by atoms with Gasteiger partial charge in [0.1, 0.15) is 0 Å². The van der Waals surface area contributed by atoms with Crippen molar-refractivity contribution in [2.45, 2.75) is 30.6 Å². The highest BCUT2D eigenvalue weighted by Crippen LogP contribution is 2.44. The van der Waals surface area contributed by atoms with Crippen LogP contribution in [0.25, 0.3) is 0 Å². The van der Waals surface area contributed by atoms with Crippen LogP contribution in [0.5, 0.6) is 0 Å². The molecule has 2 aromatic rings. The summed E-state index contributed by atoms with van der Waals surface area (Å²) in [6, 6.07) is 12.5. The molecule has 2 aromatic carbocycles. The first-order valence-electron chi connectivity index (χ1n) is 7.46. The van der Waals surface area contributed by atoms with Gasteiger partial charge in [0.2, 0.25) is 0 Å². The van der Waals surface area contributed by atoms with E-state index in [1.54, 1.807) is 6.07 Å². The Hall–Kier alpha value is -1.92. The molecule has 0 saturated heterocycles. The number of rotatable bonds is 2. The summed E-state index contributed by atoms with van der Waals surface area (Å²) in [5, 5.41) is 3.17. The van der Waals surface area contributed by atoms with E-state index in [1.165, 1.54) is 13.0 Å². The minimum atomic E-state index is -4.37. The van der Waals surface area contributed by atoms with Gasteiger partial charge >= 0.3 is 6.18 Å². The van der Waals surface area contributed by atoms with Gasteiger partial charge < -0.3 is 5.32 Å². The molecule has 1 aliphatic rings. The fourth-order valence-corrected chi connectivity index (χ4v) is 4.67. The standard InChI is InChI=1S/C18H19F3N2S/c1-12-9-16-15(11-14(12)18(19,20)21)22-17(23-24(16,2)3)10-13-7-5-4-6-8-13/h4-9,11,17,22-23H,2-3,10H2,1H3. The lowest BCUT2D eigenvalue weighted by atomic mass is 10.1. The van der Waals surface area contributed by atoms with Crippen molar-refractivity contribution in [2.24, 2.45) is 0 Å². The number of alkyl halides is 3. The molecule has 2 nitrogen and oxygen atoms in total. The zero-order valence-electron chi connectivity index (χ0n) is 13.3. The van der Waals surface area contributed by atoms with E-state index in [2.05, 4.69) is 21.8 Å². The molecule has 1 unspecified atom stereocenters. The average Bonchev–Trinajstić information content (AvgIpc) is 2.47. The number of hydrogen-bond donors (Lipinski definition) is 2. The van der Waals surface area contributed by atoms with Gasteiger partial charge in [0.15, 0.2) is 0 Å². The Morgan fingerprint density at radius 3 is 2.42 bits per heavy atom. The van der Waals surface area contributed by atoms with Crippen LogP contribution < -0.4 is 10.0 Å². The van der Waals surface area contributed by atoms with Gasteiger partial charge in [0, 0.05) is 17.0 Å². The Balaban J connectivity index is 1.99. The van der Waals surface area contributed by atoms with Crippen LogP contribution in [0.2, 0.25) is 0 Å². The van der Waals surface area contributed by atoms with Crippen molar-refractivity contribution in [3.63, 3.8) is 0 Å². The van der Waals surface area contributed by atoms with Crippen LogP contribution in [0.4, 0.5) is 18.9 Å². The maximum atomic E-state index is 13.2. The summed E-state index contributed by atoms with van der Waals surface area (Å²) >= 11 is 0. The van der Waals surface area contributed by atoms with Crippen molar-refractivity contribution in [3.05, 3.63) is 59.2 Å². The summed E-state index contributed by atoms with van der Waals surface area (Å²) < 4.78 is 42.9. The van der Waals surface area contributed by atoms with E-state index in [-0.39, 0.29) is 11.7 Å². The zero-order valence-corrected chi connectivity index (χ0v) is 14.1. The number of benzene rings is 2. The Morgan fingerprint density at radius 2 is 1.79 bits per heavy atom. The van der Waals surface area contributed by atoms with Crippen molar-refractivity contribution in [1.82, 2.24) is 4.72 Å². The molecule has 1 heterocycles. The minimum absolute atomic E-state index is 0.190. The Morgan fingerprint density at radius 1 is 1.12 bits per heavy atom. The van der Waals surface area contributed by atoms with Crippen LogP contribution in [0.15, 0.2) is 47.4 Å². The van der Waals surface area contributed by atoms with E-state index in [0.29, 0.717) is 12.1 Å². The molecule has 0 aliphatic carbocycles. The van der Waals surface area contributed by atoms with E-state index >= 15 is 0 Å². The maximum absolute atomic E-state index is 13.2. The number of aryl methyl sites for hydroxylation is 1. The lowest BCUT2D eigenvalue weighted by Crippen LogP contribution is -2.39. The second-order valence-electron chi connectivity index (χ2n) is 6.05. The van der Waals surface area contributed by atoms with Crippen molar-refractivity contribution < 1.29 is 13.2 Å². The van der Waals surface area contributed by atoms with Gasteiger partial charge in [-0.15, -0.1) is 9.39 Å². The van der Waals surface area contributed by atoms with Gasteiger partial charge in [0.25, 0.3) is 0 Å². The Kier molecular flexibility index (Phi) is 4.13. The smallest absolute Gasteiger partial charge is 0.368 e. The third-order valence-corrected chi connectivity index (χ3v) is 5.95. The molecule has 2 N–H and O–H groups in total. The summed E-state index contributed by atoms with van der Waals surface area (Å²) in [5.41, 5.74) is 1.12. The SMILES string of the molecule is C=S1(=C)NC(Cc2ccccc2)Nc2cc(C(F)(F)F)c(C)cc21. The summed E-state index contributed by atoms with van der Waals surface area (Å²) in [4.78, 5) is 0.720. The quantitative estimate of drug-likeness (QED) is 0.776. The topological polar surface area (TPSA) is 24.1 Å². The van der Waals surface area contributed by atoms with Gasteiger partial charge in [-0.1, -0.05) is 42.1 Å². The first-order valence-corrected chi connectivity index (χ1v) is 9.43. The molecular formula is C18H19F3N2S. The average molecular weight is 352 g/mol. The van der Waals surface area contributed by atoms with Crippen LogP contribution in [0, 0.1) is 6.92 Å². The second kappa shape index (κ2) is 5.86. The van der Waals surface area contributed by atoms with Crippen LogP contribution >= 0.6 is 9.39 Å². The van der Waals surface area contributed by atoms with Crippen molar-refractivity contribution >= 4 is 26.8 Å². The molecule has 0 spiro atoms. The zero-order chi connectivity index (χ0) is 17.5. The van der Waals surface area contributed by atoms with Crippen molar-refractivity contribution in [3.8, 4) is 0 Å². The fourth-order valence-electron chi connectivity index (χ4n) is 2.92. The van der Waals surface area contributed by atoms with Crippen molar-refractivity contribution in [1.29, 1.82) is 0 Å². The predicted octanol–water partition coefficient (Wildman–Crippen LogP) is 4.54. The number of fused-ring (bicyclic) bond motifs is 1. The van der Waals surface area contributed by atoms with Gasteiger partial charge in [-0.25, -0.2) is 4.72 Å². The van der Waals surface area contributed by atoms with Gasteiger partial charge in [-0.05, 0) is 30.2 Å². The minimum Gasteiger partial charge on any atom is -0.368 e. The van der Waals surface area contributed by atoms with E-state index in [9.17, 15) is 13.2 Å². The third-order valence-electron chi connectivity index (χ3n) is 4.03. The van der Waals surface area contributed by atoms with Crippen LogP contribution in [-0.2, 0) is 12.6 Å². The Bertz CT molecular complexity index is 856. The first-order chi connectivity index (χ1) is 11.2. The molecule has 0 bridgehead atoms. The van der Waals surface area contributed by atoms with Crippen LogP contribution in [0.1, 0.15) is 16.7 Å². The van der Waals surface area contributed by atoms with Gasteiger partial charge in [-0.2, -0.15) is 13.2 Å². The summed E-state index contributed by atoms with van der Waals surface area (Å²) in [7, 11) is -1.88. The molecule has 1 aliphatic heterocycles. The predicted molar refractivity (Wildman–Crippen MR) is 97.0 cm³/mol. The normalized spacial score (nSPS) is 19.4. The molecular weight excluding hydrogens is 333 g/mol. The molecule has 0 radical (unpaired) electrons. The summed E-state index contributed by atoms with van der Waals surface area (Å²) in [6.45, 7) is 1.47. The lowest BCUT2D eigenvalue weighted by Gasteiger charge is -2.35. The van der Waals surface area contributed by atoms with E-state index in [0.717, 1.165) is 10.5 Å². The van der Waals surface area contributed by atoms with Crippen LogP contribution in [0.3, 0.4) is 0 Å².